The summed E-state index contributed by atoms with van der Waals surface area (Å²) in [7, 11) is 3.08. The molecule has 4 aliphatic rings. The lowest BCUT2D eigenvalue weighted by molar-refractivity contribution is -0.323. The fourth-order valence-electron chi connectivity index (χ4n) is 10.00. The summed E-state index contributed by atoms with van der Waals surface area (Å²) in [4.78, 5) is 25.9. The van der Waals surface area contributed by atoms with Crippen LogP contribution in [-0.4, -0.2) is 111 Å². The Kier molecular flexibility index (Phi) is 12.9. The Balaban J connectivity index is 1.19. The minimum absolute atomic E-state index is 0.0454. The number of Topliss-reactive ketones (excluding diaryl/α,β-unsaturated/α-hetero) is 1. The van der Waals surface area contributed by atoms with Gasteiger partial charge in [0, 0.05) is 30.8 Å². The molecule has 0 aromatic heterocycles. The Morgan fingerprint density at radius 3 is 2.55 bits per heavy atom. The maximum atomic E-state index is 13.6. The van der Waals surface area contributed by atoms with Crippen LogP contribution in [0.1, 0.15) is 76.8 Å². The zero-order valence-corrected chi connectivity index (χ0v) is 33.1. The van der Waals surface area contributed by atoms with Crippen LogP contribution in [0.3, 0.4) is 0 Å². The van der Waals surface area contributed by atoms with E-state index in [4.69, 9.17) is 18.9 Å². The Hall–Kier alpha value is -2.92. The van der Waals surface area contributed by atoms with Crippen molar-refractivity contribution in [3.8, 4) is 11.5 Å². The quantitative estimate of drug-likeness (QED) is 0.111. The molecule has 0 bridgehead atoms. The van der Waals surface area contributed by atoms with E-state index in [2.05, 4.69) is 0 Å². The van der Waals surface area contributed by atoms with E-state index in [1.165, 1.54) is 22.9 Å². The highest BCUT2D eigenvalue weighted by atomic mass is 33.1. The predicted molar refractivity (Wildman–Crippen MR) is 212 cm³/mol. The average Bonchev–Trinajstić information content (AvgIpc) is 3.22. The third-order valence-corrected chi connectivity index (χ3v) is 14.9. The molecule has 14 heteroatoms. The van der Waals surface area contributed by atoms with Crippen molar-refractivity contribution in [2.24, 2.45) is 23.2 Å². The van der Waals surface area contributed by atoms with E-state index in [1.807, 2.05) is 30.3 Å². The molecule has 6 N–H and O–H groups in total. The summed E-state index contributed by atoms with van der Waals surface area (Å²) in [5, 5.41) is 66.9. The molecule has 7 rings (SSSR count). The van der Waals surface area contributed by atoms with E-state index in [1.54, 1.807) is 23.8 Å². The van der Waals surface area contributed by atoms with Gasteiger partial charge in [0.15, 0.2) is 5.78 Å². The molecule has 0 radical (unpaired) electrons. The summed E-state index contributed by atoms with van der Waals surface area (Å²) in [5.41, 5.74) is -0.428. The van der Waals surface area contributed by atoms with E-state index >= 15 is 0 Å². The number of aryl methyl sites for hydroxylation is 2. The number of carbonyl (C=O) groups is 2. The van der Waals surface area contributed by atoms with Gasteiger partial charge in [-0.2, -0.15) is 0 Å². The van der Waals surface area contributed by atoms with Crippen LogP contribution >= 0.6 is 21.6 Å². The normalized spacial score (nSPS) is 32.3. The molecule has 0 unspecified atom stereocenters. The Labute approximate surface area is 334 Å². The van der Waals surface area contributed by atoms with Crippen LogP contribution in [0.2, 0.25) is 0 Å². The summed E-state index contributed by atoms with van der Waals surface area (Å²) >= 11 is 0. The first-order valence-electron chi connectivity index (χ1n) is 19.5. The highest BCUT2D eigenvalue weighted by Crippen LogP contribution is 2.55. The summed E-state index contributed by atoms with van der Waals surface area (Å²) in [5.74, 6) is -0.415. The molecule has 3 heterocycles. The second-order valence-corrected chi connectivity index (χ2v) is 18.3. The van der Waals surface area contributed by atoms with E-state index in [9.17, 15) is 40.2 Å². The number of fused-ring (bicyclic) bond motifs is 1. The van der Waals surface area contributed by atoms with Gasteiger partial charge in [-0.25, -0.2) is 4.79 Å². The number of carboxylic acids is 1. The number of aromatic hydroxyl groups is 1. The van der Waals surface area contributed by atoms with E-state index in [0.717, 1.165) is 30.6 Å². The molecule has 1 saturated carbocycles. The smallest absolute Gasteiger partial charge is 0.335 e. The number of ketones is 1. The van der Waals surface area contributed by atoms with Crippen molar-refractivity contribution in [2.75, 3.05) is 38.1 Å². The topological polar surface area (TPSA) is 192 Å². The van der Waals surface area contributed by atoms with Gasteiger partial charge >= 0.3 is 5.97 Å². The van der Waals surface area contributed by atoms with Crippen molar-refractivity contribution in [3.05, 3.63) is 70.8 Å². The number of phenols is 1. The maximum Gasteiger partial charge on any atom is 0.335 e. The van der Waals surface area contributed by atoms with E-state index in [0.29, 0.717) is 44.0 Å². The molecule has 9 atom stereocenters. The fourth-order valence-corrected chi connectivity index (χ4v) is 12.4. The summed E-state index contributed by atoms with van der Waals surface area (Å²) < 4.78 is 25.1. The molecule has 304 valence electrons. The third-order valence-electron chi connectivity index (χ3n) is 12.7. The van der Waals surface area contributed by atoms with Gasteiger partial charge in [0.25, 0.3) is 0 Å². The lowest BCUT2D eigenvalue weighted by Gasteiger charge is -2.54. The largest absolute Gasteiger partial charge is 0.506 e. The highest BCUT2D eigenvalue weighted by Gasteiger charge is 2.59. The summed E-state index contributed by atoms with van der Waals surface area (Å²) in [6.07, 6.45) is -0.983. The van der Waals surface area contributed by atoms with E-state index in [-0.39, 0.29) is 76.1 Å². The Morgan fingerprint density at radius 2 is 1.80 bits per heavy atom. The van der Waals surface area contributed by atoms with Crippen molar-refractivity contribution >= 4 is 44.1 Å². The van der Waals surface area contributed by atoms with Crippen molar-refractivity contribution in [3.63, 3.8) is 0 Å². The number of rotatable bonds is 10. The van der Waals surface area contributed by atoms with E-state index < -0.39 is 48.5 Å². The molecular formula is C42H52O12S2. The number of aliphatic hydroxyl groups excluding tert-OH is 4. The van der Waals surface area contributed by atoms with Gasteiger partial charge in [-0.05, 0) is 85.4 Å². The SMILES string of the molecule is Cc1cc2cc(C(=O)O)cc(O[C@@H]3O[C@H](CO)[C@]4(CC[C@@H]5CCC[C@H]6COC[C@](CCO)(CSSCO4)[C@H]56)[C@H](O)[C@H]3O)c2c(O)c1C(=O)CCc1ccccc1. The molecule has 56 heavy (non-hydrogen) atoms. The van der Waals surface area contributed by atoms with Gasteiger partial charge in [0.05, 0.1) is 29.7 Å². The van der Waals surface area contributed by atoms with Crippen LogP contribution in [0, 0.1) is 30.1 Å². The predicted octanol–water partition coefficient (Wildman–Crippen LogP) is 5.50. The van der Waals surface area contributed by atoms with Crippen LogP contribution in [0.25, 0.3) is 10.8 Å². The van der Waals surface area contributed by atoms with Crippen LogP contribution in [0.15, 0.2) is 48.5 Å². The van der Waals surface area contributed by atoms with Gasteiger partial charge in [-0.15, -0.1) is 0 Å². The van der Waals surface area contributed by atoms with Gasteiger partial charge in [0.2, 0.25) is 6.29 Å². The van der Waals surface area contributed by atoms with Crippen molar-refractivity contribution in [1.82, 2.24) is 0 Å². The molecule has 3 aliphatic heterocycles. The van der Waals surface area contributed by atoms with Crippen LogP contribution < -0.4 is 4.74 Å². The highest BCUT2D eigenvalue weighted by molar-refractivity contribution is 8.76. The van der Waals surface area contributed by atoms with Crippen molar-refractivity contribution in [1.29, 1.82) is 0 Å². The average molecular weight is 813 g/mol. The first-order chi connectivity index (χ1) is 27.0. The molecule has 4 fully saturated rings. The van der Waals surface area contributed by atoms with Crippen molar-refractivity contribution < 1.29 is 59.2 Å². The van der Waals surface area contributed by atoms with Gasteiger partial charge in [-0.1, -0.05) is 70.8 Å². The minimum Gasteiger partial charge on any atom is -0.506 e. The minimum atomic E-state index is -1.72. The first kappa shape index (κ1) is 41.2. The molecule has 3 saturated heterocycles. The molecular weight excluding hydrogens is 761 g/mol. The van der Waals surface area contributed by atoms with Crippen LogP contribution in [0.5, 0.6) is 11.5 Å². The lowest BCUT2D eigenvalue weighted by atomic mass is 9.56. The number of carbonyl (C=O) groups excluding carboxylic acids is 1. The number of aromatic carboxylic acids is 1. The zero-order valence-electron chi connectivity index (χ0n) is 31.5. The standard InChI is InChI=1S/C42H52O12S2/c1-24-16-28-17-29(39(49)50)18-31(34(28)36(46)33(24)30(45)11-10-25-6-3-2-4-7-25)53-40-37(47)38(48)42(32(19-44)54-40)13-12-26-8-5-9-27-20-51-21-41(14-15-43,35(26)27)22-55-56-23-52-42/h2-4,6-7,16-18,26-27,32,35,37-38,40,43-44,46-48H,5,8-15,19-23H2,1H3,(H,49,50)/t26-,27-,32+,35+,37+,38+,40+,41+,42+/m0/s1. The first-order valence-corrected chi connectivity index (χ1v) is 22.0. The molecule has 3 aromatic carbocycles. The maximum absolute atomic E-state index is 13.6. The van der Waals surface area contributed by atoms with Crippen molar-refractivity contribution in [2.45, 2.75) is 88.5 Å². The number of hydrogen-bond acceptors (Lipinski definition) is 13. The van der Waals surface area contributed by atoms with Gasteiger partial charge in [-0.3, -0.25) is 4.79 Å². The number of ether oxygens (including phenoxy) is 4. The number of aliphatic hydroxyl groups is 4. The Morgan fingerprint density at radius 1 is 1.02 bits per heavy atom. The fraction of sp³-hybridized carbons (Fsp3) is 0.571. The monoisotopic (exact) mass is 812 g/mol. The zero-order chi connectivity index (χ0) is 39.6. The molecule has 1 aliphatic carbocycles. The third kappa shape index (κ3) is 7.93. The summed E-state index contributed by atoms with van der Waals surface area (Å²) in [6.45, 7) is 2.39. The van der Waals surface area contributed by atoms with Crippen LogP contribution in [0.4, 0.5) is 0 Å². The number of phenolic OH excluding ortho intramolecular Hbond substituents is 1. The molecule has 3 aromatic rings. The number of hydrogen-bond donors (Lipinski definition) is 6. The molecule has 1 spiro atoms. The lowest BCUT2D eigenvalue weighted by Crippen LogP contribution is -2.69. The molecule has 12 nitrogen and oxygen atoms in total. The number of carboxylic acid groups (broad SMARTS) is 1. The van der Waals surface area contributed by atoms with Gasteiger partial charge < -0.3 is 49.6 Å². The Bertz CT molecular complexity index is 1870. The summed E-state index contributed by atoms with van der Waals surface area (Å²) in [6, 6.07) is 13.6. The van der Waals surface area contributed by atoms with Gasteiger partial charge in [0.1, 0.15) is 41.4 Å². The number of benzene rings is 3. The second-order valence-electron chi connectivity index (χ2n) is 15.9. The van der Waals surface area contributed by atoms with Crippen LogP contribution in [-0.2, 0) is 20.6 Å². The second kappa shape index (κ2) is 17.5. The molecule has 0 amide bonds.